The van der Waals surface area contributed by atoms with Crippen LogP contribution in [0.1, 0.15) is 77.6 Å². The third-order valence-electron chi connectivity index (χ3n) is 8.94. The van der Waals surface area contributed by atoms with Gasteiger partial charge in [-0.3, -0.25) is 14.9 Å². The summed E-state index contributed by atoms with van der Waals surface area (Å²) in [5.41, 5.74) is -0.760. The van der Waals surface area contributed by atoms with E-state index in [-0.39, 0.29) is 51.9 Å². The Hall–Kier alpha value is -1.55. The molecule has 0 radical (unpaired) electrons. The highest BCUT2D eigenvalue weighted by molar-refractivity contribution is 8.02. The predicted octanol–water partition coefficient (Wildman–Crippen LogP) is 4.91. The number of hydrogen-bond acceptors (Lipinski definition) is 6. The molecule has 2 bridgehead atoms. The highest BCUT2D eigenvalue weighted by Crippen LogP contribution is 2.61. The van der Waals surface area contributed by atoms with E-state index in [1.54, 1.807) is 18.9 Å². The average Bonchev–Trinajstić information content (AvgIpc) is 3.26. The van der Waals surface area contributed by atoms with Crippen LogP contribution in [0.15, 0.2) is 18.2 Å². The van der Waals surface area contributed by atoms with Crippen LogP contribution in [0.3, 0.4) is 0 Å². The summed E-state index contributed by atoms with van der Waals surface area (Å²) in [5, 5.41) is 10.0. The summed E-state index contributed by atoms with van der Waals surface area (Å²) in [6.45, 7) is 1.92. The van der Waals surface area contributed by atoms with Crippen LogP contribution in [0.2, 0.25) is 5.02 Å². The maximum absolute atomic E-state index is 14.1. The minimum absolute atomic E-state index is 0.000862. The maximum atomic E-state index is 14.1. The number of methoxy groups -OCH3 is 1. The minimum Gasteiger partial charge on any atom is -0.484 e. The zero-order valence-corrected chi connectivity index (χ0v) is 23.8. The normalized spacial score (nSPS) is 35.2. The van der Waals surface area contributed by atoms with Crippen molar-refractivity contribution in [1.82, 2.24) is 16.0 Å². The van der Waals surface area contributed by atoms with E-state index in [9.17, 15) is 14.0 Å². The third-order valence-corrected chi connectivity index (χ3v) is 11.0. The minimum atomic E-state index is -0.587. The number of carbonyl (C=O) groups is 2. The van der Waals surface area contributed by atoms with Gasteiger partial charge in [-0.1, -0.05) is 61.9 Å². The predicted molar refractivity (Wildman–Crippen MR) is 147 cm³/mol. The van der Waals surface area contributed by atoms with Gasteiger partial charge in [0.15, 0.2) is 12.2 Å². The lowest BCUT2D eigenvalue weighted by Gasteiger charge is -2.70. The molecule has 4 saturated carbocycles. The van der Waals surface area contributed by atoms with Crippen LogP contribution in [-0.4, -0.2) is 53.0 Å². The fourth-order valence-corrected chi connectivity index (χ4v) is 8.84. The standard InChI is InChI=1S/C28H39ClFN3O4S/c1-18-28(38-25(31-18)36-2,19-9-7-5-3-4-6-8-10-19)24(35)33-27-15-26(16-27,17-27)32-23(34)14-37-20-11-12-21(29)22(30)13-20/h11-13,18-19,25,31H,3-10,14-17H2,1-2H3,(H,32,34)(H,33,35). The number of benzene rings is 1. The van der Waals surface area contributed by atoms with Crippen molar-refractivity contribution in [3.8, 4) is 5.75 Å². The van der Waals surface area contributed by atoms with Crippen molar-refractivity contribution < 1.29 is 23.5 Å². The Morgan fingerprint density at radius 1 is 1.08 bits per heavy atom. The van der Waals surface area contributed by atoms with Gasteiger partial charge in [-0.25, -0.2) is 4.39 Å². The molecular formula is C28H39ClFN3O4S. The van der Waals surface area contributed by atoms with Crippen LogP contribution < -0.4 is 20.7 Å². The number of nitrogens with one attached hydrogen (secondary N) is 3. The molecule has 7 nitrogen and oxygen atoms in total. The van der Waals surface area contributed by atoms with E-state index >= 15 is 0 Å². The lowest BCUT2D eigenvalue weighted by molar-refractivity contribution is -0.152. The van der Waals surface area contributed by atoms with Crippen molar-refractivity contribution in [2.45, 2.75) is 105 Å². The Labute approximate surface area is 233 Å². The second-order valence-electron chi connectivity index (χ2n) is 11.7. The van der Waals surface area contributed by atoms with Gasteiger partial charge in [0.2, 0.25) is 5.91 Å². The number of carbonyl (C=O) groups excluding carboxylic acids is 2. The van der Waals surface area contributed by atoms with Crippen LogP contribution in [0.4, 0.5) is 4.39 Å². The second kappa shape index (κ2) is 11.1. The summed E-state index contributed by atoms with van der Waals surface area (Å²) in [4.78, 5) is 26.6. The van der Waals surface area contributed by atoms with E-state index in [0.717, 1.165) is 25.7 Å². The lowest BCUT2D eigenvalue weighted by Crippen LogP contribution is -2.85. The van der Waals surface area contributed by atoms with Crippen LogP contribution in [-0.2, 0) is 14.3 Å². The molecule has 3 N–H and O–H groups in total. The molecule has 3 unspecified atom stereocenters. The first-order valence-corrected chi connectivity index (χ1v) is 15.1. The number of hydrogen-bond donors (Lipinski definition) is 3. The van der Waals surface area contributed by atoms with Gasteiger partial charge >= 0.3 is 0 Å². The van der Waals surface area contributed by atoms with E-state index in [1.165, 1.54) is 43.9 Å². The van der Waals surface area contributed by atoms with E-state index < -0.39 is 10.6 Å². The molecule has 0 aromatic heterocycles. The zero-order chi connectivity index (χ0) is 27.0. The summed E-state index contributed by atoms with van der Waals surface area (Å²) in [6.07, 6.45) is 11.6. The fraction of sp³-hybridized carbons (Fsp3) is 0.714. The van der Waals surface area contributed by atoms with Gasteiger partial charge in [0.25, 0.3) is 5.91 Å². The van der Waals surface area contributed by atoms with E-state index in [0.29, 0.717) is 25.2 Å². The largest absolute Gasteiger partial charge is 0.484 e. The highest BCUT2D eigenvalue weighted by Gasteiger charge is 2.70. The molecule has 5 aliphatic rings. The summed E-state index contributed by atoms with van der Waals surface area (Å²) < 4.78 is 24.1. The Bertz CT molecular complexity index is 1030. The van der Waals surface area contributed by atoms with Crippen molar-refractivity contribution >= 4 is 35.2 Å². The molecule has 1 aromatic rings. The first-order chi connectivity index (χ1) is 18.2. The monoisotopic (exact) mass is 567 g/mol. The van der Waals surface area contributed by atoms with Crippen molar-refractivity contribution in [3.63, 3.8) is 0 Å². The number of thioether (sulfide) groups is 1. The van der Waals surface area contributed by atoms with Gasteiger partial charge in [-0.15, -0.1) is 0 Å². The molecule has 10 heteroatoms. The number of amides is 2. The van der Waals surface area contributed by atoms with Crippen LogP contribution in [0, 0.1) is 11.7 Å². The van der Waals surface area contributed by atoms with Gasteiger partial charge in [-0.05, 0) is 57.1 Å². The summed E-state index contributed by atoms with van der Waals surface area (Å²) in [5.74, 6) is -0.182. The first-order valence-electron chi connectivity index (χ1n) is 13.9. The molecule has 1 saturated heterocycles. The summed E-state index contributed by atoms with van der Waals surface area (Å²) in [7, 11) is 1.69. The molecular weight excluding hydrogens is 529 g/mol. The van der Waals surface area contributed by atoms with Gasteiger partial charge in [0.05, 0.1) is 5.02 Å². The Balaban J connectivity index is 1.18. The van der Waals surface area contributed by atoms with E-state index in [2.05, 4.69) is 22.9 Å². The Kier molecular flexibility index (Phi) is 8.21. The first kappa shape index (κ1) is 28.0. The van der Waals surface area contributed by atoms with Crippen molar-refractivity contribution in [2.75, 3.05) is 13.7 Å². The van der Waals surface area contributed by atoms with Crippen LogP contribution in [0.5, 0.6) is 5.75 Å². The molecule has 1 aromatic carbocycles. The molecule has 6 rings (SSSR count). The SMILES string of the molecule is COC1NC(C)C(C(=O)NC23CC(NC(=O)COc4ccc(Cl)c(F)c4)(C2)C3)(C2CCCCCCCC2)S1. The maximum Gasteiger partial charge on any atom is 0.258 e. The van der Waals surface area contributed by atoms with Gasteiger partial charge in [0.1, 0.15) is 16.3 Å². The van der Waals surface area contributed by atoms with E-state index in [1.807, 2.05) is 0 Å². The van der Waals surface area contributed by atoms with E-state index in [4.69, 9.17) is 21.1 Å². The molecule has 38 heavy (non-hydrogen) atoms. The Morgan fingerprint density at radius 2 is 1.71 bits per heavy atom. The molecule has 2 amide bonds. The number of rotatable bonds is 8. The molecule has 4 aliphatic carbocycles. The van der Waals surface area contributed by atoms with Gasteiger partial charge in [0, 0.05) is 30.3 Å². The zero-order valence-electron chi connectivity index (χ0n) is 22.2. The van der Waals surface area contributed by atoms with Gasteiger partial charge in [-0.2, -0.15) is 0 Å². The average molecular weight is 568 g/mol. The molecule has 0 spiro atoms. The topological polar surface area (TPSA) is 88.7 Å². The summed E-state index contributed by atoms with van der Waals surface area (Å²) >= 11 is 7.34. The van der Waals surface area contributed by atoms with Crippen molar-refractivity contribution in [3.05, 3.63) is 29.0 Å². The van der Waals surface area contributed by atoms with Crippen molar-refractivity contribution in [1.29, 1.82) is 0 Å². The molecule has 1 aliphatic heterocycles. The van der Waals surface area contributed by atoms with Gasteiger partial charge < -0.3 is 20.1 Å². The quantitative estimate of drug-likeness (QED) is 0.414. The second-order valence-corrected chi connectivity index (χ2v) is 13.5. The summed E-state index contributed by atoms with van der Waals surface area (Å²) in [6, 6.07) is 4.10. The molecule has 210 valence electrons. The van der Waals surface area contributed by atoms with Crippen molar-refractivity contribution in [2.24, 2.45) is 5.92 Å². The van der Waals surface area contributed by atoms with Crippen LogP contribution >= 0.6 is 23.4 Å². The fourth-order valence-electron chi connectivity index (χ4n) is 7.14. The van der Waals surface area contributed by atoms with Crippen LogP contribution in [0.25, 0.3) is 0 Å². The Morgan fingerprint density at radius 3 is 2.32 bits per heavy atom. The number of halogens is 2. The molecule has 1 heterocycles. The smallest absolute Gasteiger partial charge is 0.258 e. The number of ether oxygens (including phenoxy) is 2. The molecule has 3 atom stereocenters. The molecule has 5 fully saturated rings. The lowest BCUT2D eigenvalue weighted by atomic mass is 9.44. The highest BCUT2D eigenvalue weighted by atomic mass is 35.5. The third kappa shape index (κ3) is 5.40.